The first-order valence-electron chi connectivity index (χ1n) is 25.8. The van der Waals surface area contributed by atoms with Gasteiger partial charge in [-0.1, -0.05) is 194 Å². The van der Waals surface area contributed by atoms with Gasteiger partial charge in [-0.15, -0.1) is 0 Å². The Morgan fingerprint density at radius 1 is 0.222 bits per heavy atom. The van der Waals surface area contributed by atoms with Crippen LogP contribution in [0.3, 0.4) is 0 Å². The number of benzene rings is 8. The maximum atomic E-state index is 5.00. The van der Waals surface area contributed by atoms with Gasteiger partial charge in [0.05, 0.1) is 23.3 Å². The normalized spacial score (nSPS) is 11.9. The maximum absolute atomic E-state index is 5.00. The molecule has 0 aliphatic carbocycles. The molecule has 6 aliphatic heterocycles. The predicted octanol–water partition coefficient (Wildman–Crippen LogP) is 11.5. The van der Waals surface area contributed by atoms with E-state index in [1.54, 1.807) is 0 Å². The number of nitrogens with zero attached hydrogens (tertiary/aromatic N) is 15. The van der Waals surface area contributed by atoms with Gasteiger partial charge in [0.1, 0.15) is 11.6 Å². The Kier molecular flexibility index (Phi) is 10.7. The molecule has 18 rings (SSSR count). The monoisotopic (exact) mass is 1180 g/mol. The van der Waals surface area contributed by atoms with Gasteiger partial charge in [-0.25, -0.2) is 29.9 Å². The van der Waals surface area contributed by atoms with Crippen LogP contribution in [0.25, 0.3) is 181 Å². The van der Waals surface area contributed by atoms with Crippen LogP contribution in [0.1, 0.15) is 0 Å². The summed E-state index contributed by atoms with van der Waals surface area (Å²) < 4.78 is 0. The average molecular weight is 1180 g/mol. The summed E-state index contributed by atoms with van der Waals surface area (Å²) in [7, 11) is 0. The Morgan fingerprint density at radius 2 is 0.481 bits per heavy atom. The first-order valence-corrected chi connectivity index (χ1v) is 25.8. The van der Waals surface area contributed by atoms with E-state index < -0.39 is 0 Å². The molecule has 10 heterocycles. The van der Waals surface area contributed by atoms with E-state index in [2.05, 4.69) is 4.98 Å². The summed E-state index contributed by atoms with van der Waals surface area (Å²) in [5.41, 5.74) is 13.1. The Balaban J connectivity index is 0.000000132. The molecule has 0 unspecified atom stereocenters. The molecule has 1 N–H and O–H groups in total. The van der Waals surface area contributed by atoms with Crippen molar-refractivity contribution in [3.63, 3.8) is 0 Å². The molecule has 0 fully saturated rings. The van der Waals surface area contributed by atoms with Crippen molar-refractivity contribution in [1.29, 1.82) is 0 Å². The van der Waals surface area contributed by atoms with Gasteiger partial charge in [-0.2, -0.15) is 0 Å². The van der Waals surface area contributed by atoms with Gasteiger partial charge in [-0.3, -0.25) is 0 Å². The third-order valence-electron chi connectivity index (χ3n) is 14.7. The van der Waals surface area contributed by atoms with Gasteiger partial charge in [0, 0.05) is 90.1 Å². The molecule has 16 nitrogen and oxygen atoms in total. The van der Waals surface area contributed by atoms with E-state index in [-0.39, 0.29) is 39.9 Å². The van der Waals surface area contributed by atoms with E-state index in [0.717, 1.165) is 88.3 Å². The quantitative estimate of drug-likeness (QED) is 0.138. The number of hydrogen-bond acceptors (Lipinski definition) is 11. The number of hydrogen-bond donors (Lipinski definition) is 0. The van der Waals surface area contributed by atoms with Crippen LogP contribution in [0, 0.1) is 39.9 Å². The SMILES string of the molecule is [Gd+3].c1ccc2c(c1)-c1nc-2nc2[n-]c(nc3nc([n-]c4[nH+]c(n1)-c1ccccc1-4)-c1ccccc1-3)c1ccccc21.c1ccc2c(c1)-c1nc-2nc2[n-]c(nc3nc([n-]c4nc(n1)-c1ccccc1-4)-c1ccccc1-3)c1ccccc21. The molecular weight excluding hydrogens is 1150 g/mol. The van der Waals surface area contributed by atoms with E-state index in [4.69, 9.17) is 74.8 Å². The fourth-order valence-electron chi connectivity index (χ4n) is 11.0. The first kappa shape index (κ1) is 46.9. The van der Waals surface area contributed by atoms with E-state index in [1.165, 1.54) is 0 Å². The zero-order chi connectivity index (χ0) is 52.4. The third kappa shape index (κ3) is 7.58. The van der Waals surface area contributed by atoms with Gasteiger partial charge in [0.25, 0.3) is 0 Å². The molecule has 0 saturated heterocycles. The molecule has 0 atom stereocenters. The van der Waals surface area contributed by atoms with Crippen molar-refractivity contribution >= 4 is 44.1 Å². The van der Waals surface area contributed by atoms with Crippen LogP contribution < -0.4 is 24.9 Å². The van der Waals surface area contributed by atoms with Gasteiger partial charge in [0.2, 0.25) is 0 Å². The maximum Gasteiger partial charge on any atom is 3.00 e. The molecule has 17 heteroatoms. The summed E-state index contributed by atoms with van der Waals surface area (Å²) in [4.78, 5) is 77.3. The van der Waals surface area contributed by atoms with Crippen LogP contribution in [0.2, 0.25) is 0 Å². The zero-order valence-electron chi connectivity index (χ0n) is 42.0. The number of fused-ring (bicyclic) bond motifs is 40. The smallest absolute Gasteiger partial charge is 0.357 e. The van der Waals surface area contributed by atoms with E-state index >= 15 is 0 Å². The van der Waals surface area contributed by atoms with E-state index in [0.29, 0.717) is 92.5 Å². The van der Waals surface area contributed by atoms with Crippen molar-refractivity contribution in [3.8, 4) is 137 Å². The second-order valence-electron chi connectivity index (χ2n) is 19.4. The van der Waals surface area contributed by atoms with Crippen molar-refractivity contribution < 1.29 is 44.9 Å². The number of aromatic amines is 1. The van der Waals surface area contributed by atoms with Crippen LogP contribution in [0.5, 0.6) is 0 Å². The summed E-state index contributed by atoms with van der Waals surface area (Å²) in [6.07, 6.45) is 0. The van der Waals surface area contributed by atoms with E-state index in [1.807, 2.05) is 194 Å². The summed E-state index contributed by atoms with van der Waals surface area (Å²) >= 11 is 0. The number of H-pyrrole nitrogens is 1. The van der Waals surface area contributed by atoms with Crippen LogP contribution in [0.4, 0.5) is 0 Å². The Labute approximate surface area is 490 Å². The van der Waals surface area contributed by atoms with Crippen molar-refractivity contribution in [3.05, 3.63) is 194 Å². The van der Waals surface area contributed by atoms with Crippen molar-refractivity contribution in [2.45, 2.75) is 0 Å². The molecule has 0 amide bonds. The van der Waals surface area contributed by atoms with Crippen LogP contribution >= 0.6 is 0 Å². The summed E-state index contributed by atoms with van der Waals surface area (Å²) in [5, 5.41) is 3.59. The minimum atomic E-state index is 0. The molecule has 0 saturated carbocycles. The Bertz CT molecular complexity index is 4500. The Hall–Kier alpha value is -10.2. The average Bonchev–Trinajstić information content (AvgIpc) is 4.53. The number of aromatic nitrogens is 16. The topological polar surface area (TPSA) is 212 Å². The minimum absolute atomic E-state index is 0. The summed E-state index contributed by atoms with van der Waals surface area (Å²) in [6, 6.07) is 63.9. The fraction of sp³-hybridized carbons (Fsp3) is 0. The molecule has 0 spiro atoms. The minimum Gasteiger partial charge on any atom is -0.357 e. The summed E-state index contributed by atoms with van der Waals surface area (Å²) in [5.74, 6) is 6.96. The van der Waals surface area contributed by atoms with Crippen molar-refractivity contribution in [1.82, 2.24) is 74.8 Å². The molecule has 6 aliphatic rings. The molecule has 16 bridgehead atoms. The van der Waals surface area contributed by atoms with Gasteiger partial charge in [-0.05, 0) is 38.2 Å². The fourth-order valence-corrected chi connectivity index (χ4v) is 11.0. The second kappa shape index (κ2) is 18.5. The van der Waals surface area contributed by atoms with Crippen molar-refractivity contribution in [2.24, 2.45) is 0 Å². The standard InChI is InChI=1S/2C32H16N8.Gd/c2*1-2-10-18-17(9-1)25-33-26(18)38-28-21-13-5-6-14-22(21)30(35-28)40-32-24-16-8-7-15-23(24)31(36-32)39-29-20-12-4-3-11-19(20)27(34-29)37-25;/h2*1-16H;/q2*-2;+3/p+1. The van der Waals surface area contributed by atoms with Crippen LogP contribution in [-0.2, 0) is 0 Å². The largest absolute Gasteiger partial charge is 3.00 e. The molecular formula is C64H33GdN16. The first-order chi connectivity index (χ1) is 39.6. The summed E-state index contributed by atoms with van der Waals surface area (Å²) in [6.45, 7) is 0. The molecule has 8 aromatic carbocycles. The van der Waals surface area contributed by atoms with Crippen LogP contribution in [-0.4, -0.2) is 54.8 Å². The third-order valence-corrected chi connectivity index (χ3v) is 14.7. The molecule has 81 heavy (non-hydrogen) atoms. The predicted molar refractivity (Wildman–Crippen MR) is 303 cm³/mol. The number of nitrogens with one attached hydrogen (secondary N) is 1. The molecule has 1 radical (unpaired) electrons. The van der Waals surface area contributed by atoms with Gasteiger partial charge >= 0.3 is 39.9 Å². The molecule has 4 aromatic heterocycles. The molecule has 12 aromatic rings. The van der Waals surface area contributed by atoms with Gasteiger partial charge in [0.15, 0.2) is 17.5 Å². The van der Waals surface area contributed by atoms with Gasteiger partial charge < -0.3 is 49.8 Å². The second-order valence-corrected chi connectivity index (χ2v) is 19.4. The van der Waals surface area contributed by atoms with E-state index in [9.17, 15) is 0 Å². The molecule has 377 valence electrons. The zero-order valence-corrected chi connectivity index (χ0v) is 44.3. The van der Waals surface area contributed by atoms with Crippen molar-refractivity contribution in [2.75, 3.05) is 0 Å². The Morgan fingerprint density at radius 3 is 0.864 bits per heavy atom. The number of rotatable bonds is 0. The van der Waals surface area contributed by atoms with Crippen LogP contribution in [0.15, 0.2) is 194 Å².